The number of carbonyl (C=O) groups excluding carboxylic acids is 1. The molecule has 0 radical (unpaired) electrons. The molecule has 1 rings (SSSR count). The second-order valence-corrected chi connectivity index (χ2v) is 3.95. The van der Waals surface area contributed by atoms with Crippen LogP contribution in [0.15, 0.2) is 24.3 Å². The monoisotopic (exact) mass is 249 g/mol. The molecule has 18 heavy (non-hydrogen) atoms. The first-order valence-electron chi connectivity index (χ1n) is 6.23. The molecule has 0 saturated heterocycles. The minimum atomic E-state index is -0.815. The van der Waals surface area contributed by atoms with Crippen LogP contribution in [0.2, 0.25) is 0 Å². The smallest absolute Gasteiger partial charge is 0.277 e. The van der Waals surface area contributed by atoms with Gasteiger partial charge in [0.1, 0.15) is 7.85 Å². The van der Waals surface area contributed by atoms with E-state index >= 15 is 0 Å². The fourth-order valence-electron chi connectivity index (χ4n) is 1.60. The molecule has 1 aromatic rings. The van der Waals surface area contributed by atoms with Crippen molar-refractivity contribution < 1.29 is 14.3 Å². The maximum atomic E-state index is 11.8. The molecule has 0 heterocycles. The first-order valence-corrected chi connectivity index (χ1v) is 6.23. The van der Waals surface area contributed by atoms with Crippen molar-refractivity contribution in [3.05, 3.63) is 29.8 Å². The first-order chi connectivity index (χ1) is 8.67. The molecule has 1 amide bonds. The Morgan fingerprint density at radius 3 is 2.56 bits per heavy atom. The summed E-state index contributed by atoms with van der Waals surface area (Å²) in [6.07, 6.45) is -0.815. The Kier molecular flexibility index (Phi) is 6.46. The van der Waals surface area contributed by atoms with Gasteiger partial charge in [-0.2, -0.15) is 0 Å². The zero-order valence-corrected chi connectivity index (χ0v) is 11.2. The van der Waals surface area contributed by atoms with Crippen molar-refractivity contribution >= 4 is 19.2 Å². The van der Waals surface area contributed by atoms with Crippen molar-refractivity contribution in [1.29, 1.82) is 0 Å². The number of carbonyl (C=O) groups is 1. The van der Waals surface area contributed by atoms with Crippen LogP contribution < -0.4 is 10.8 Å². The van der Waals surface area contributed by atoms with Gasteiger partial charge in [0, 0.05) is 19.8 Å². The lowest BCUT2D eigenvalue weighted by atomic mass is 9.94. The van der Waals surface area contributed by atoms with E-state index in [-0.39, 0.29) is 5.91 Å². The van der Waals surface area contributed by atoms with Gasteiger partial charge in [-0.1, -0.05) is 29.7 Å². The van der Waals surface area contributed by atoms with Gasteiger partial charge in [-0.05, 0) is 19.4 Å². The Morgan fingerprint density at radius 2 is 2.00 bits per heavy atom. The van der Waals surface area contributed by atoms with Gasteiger partial charge in [0.2, 0.25) is 6.29 Å². The summed E-state index contributed by atoms with van der Waals surface area (Å²) in [7, 11) is 2.02. The molecule has 0 aliphatic carbocycles. The second kappa shape index (κ2) is 7.90. The SMILES string of the molecule is Bc1cccc(CNC(=O)C(OCC)OCC)c1. The van der Waals surface area contributed by atoms with Gasteiger partial charge >= 0.3 is 0 Å². The number of ether oxygens (including phenoxy) is 2. The molecule has 0 saturated carbocycles. The standard InChI is InChI=1S/C13H20BNO3/c1-3-17-13(18-4-2)12(16)15-9-10-6-5-7-11(14)8-10/h5-8,13H,3-4,9,14H2,1-2H3,(H,15,16). The molecule has 1 N–H and O–H groups in total. The number of benzene rings is 1. The summed E-state index contributed by atoms with van der Waals surface area (Å²) in [6, 6.07) is 8.01. The average molecular weight is 249 g/mol. The van der Waals surface area contributed by atoms with Crippen molar-refractivity contribution in [2.24, 2.45) is 0 Å². The van der Waals surface area contributed by atoms with Crippen LogP contribution in [-0.4, -0.2) is 33.3 Å². The molecule has 0 unspecified atom stereocenters. The summed E-state index contributed by atoms with van der Waals surface area (Å²) in [5.74, 6) is -0.236. The number of hydrogen-bond acceptors (Lipinski definition) is 3. The lowest BCUT2D eigenvalue weighted by Crippen LogP contribution is -2.38. The summed E-state index contributed by atoms with van der Waals surface area (Å²) < 4.78 is 10.4. The molecule has 0 aliphatic heterocycles. The van der Waals surface area contributed by atoms with Crippen LogP contribution in [0.4, 0.5) is 0 Å². The van der Waals surface area contributed by atoms with Crippen LogP contribution in [0.3, 0.4) is 0 Å². The third-order valence-corrected chi connectivity index (χ3v) is 2.40. The molecule has 1 aromatic carbocycles. The van der Waals surface area contributed by atoms with Crippen LogP contribution in [-0.2, 0) is 20.8 Å². The van der Waals surface area contributed by atoms with Gasteiger partial charge in [-0.15, -0.1) is 0 Å². The minimum Gasteiger partial charge on any atom is -0.348 e. The highest BCUT2D eigenvalue weighted by Crippen LogP contribution is 1.99. The summed E-state index contributed by atoms with van der Waals surface area (Å²) >= 11 is 0. The zero-order valence-electron chi connectivity index (χ0n) is 11.2. The fourth-order valence-corrected chi connectivity index (χ4v) is 1.60. The van der Waals surface area contributed by atoms with Crippen molar-refractivity contribution in [3.63, 3.8) is 0 Å². The number of rotatable bonds is 7. The van der Waals surface area contributed by atoms with Gasteiger partial charge < -0.3 is 14.8 Å². The number of amides is 1. The molecular formula is C13H20BNO3. The minimum absolute atomic E-state index is 0.236. The van der Waals surface area contributed by atoms with E-state index in [2.05, 4.69) is 5.32 Å². The van der Waals surface area contributed by atoms with Crippen molar-refractivity contribution in [3.8, 4) is 0 Å². The summed E-state index contributed by atoms with van der Waals surface area (Å²) in [5, 5.41) is 2.81. The lowest BCUT2D eigenvalue weighted by Gasteiger charge is -2.16. The molecule has 0 atom stereocenters. The number of nitrogens with one attached hydrogen (secondary N) is 1. The highest BCUT2D eigenvalue weighted by molar-refractivity contribution is 6.32. The van der Waals surface area contributed by atoms with Crippen LogP contribution >= 0.6 is 0 Å². The fraction of sp³-hybridized carbons (Fsp3) is 0.462. The molecule has 0 fully saturated rings. The average Bonchev–Trinajstić information content (AvgIpc) is 2.36. The van der Waals surface area contributed by atoms with E-state index in [4.69, 9.17) is 9.47 Å². The van der Waals surface area contributed by atoms with Crippen molar-refractivity contribution in [2.45, 2.75) is 26.7 Å². The molecule has 0 aliphatic rings. The maximum absolute atomic E-state index is 11.8. The highest BCUT2D eigenvalue weighted by Gasteiger charge is 2.17. The Balaban J connectivity index is 2.48. The van der Waals surface area contributed by atoms with E-state index in [1.54, 1.807) is 0 Å². The van der Waals surface area contributed by atoms with Gasteiger partial charge in [0.05, 0.1) is 0 Å². The Labute approximate surface area is 109 Å². The highest BCUT2D eigenvalue weighted by atomic mass is 16.7. The predicted octanol–water partition coefficient (Wildman–Crippen LogP) is -0.0397. The summed E-state index contributed by atoms with van der Waals surface area (Å²) in [4.78, 5) is 11.8. The van der Waals surface area contributed by atoms with Crippen molar-refractivity contribution in [2.75, 3.05) is 13.2 Å². The lowest BCUT2D eigenvalue weighted by molar-refractivity contribution is -0.170. The molecule has 0 bridgehead atoms. The van der Waals surface area contributed by atoms with E-state index in [0.29, 0.717) is 19.8 Å². The second-order valence-electron chi connectivity index (χ2n) is 3.95. The topological polar surface area (TPSA) is 47.6 Å². The van der Waals surface area contributed by atoms with Crippen molar-refractivity contribution in [1.82, 2.24) is 5.32 Å². The molecular weight excluding hydrogens is 229 g/mol. The van der Waals surface area contributed by atoms with Crippen LogP contribution in [0, 0.1) is 0 Å². The van der Waals surface area contributed by atoms with Gasteiger partial charge in [-0.25, -0.2) is 0 Å². The Morgan fingerprint density at radius 1 is 1.33 bits per heavy atom. The Bertz CT molecular complexity index is 378. The predicted molar refractivity (Wildman–Crippen MR) is 73.5 cm³/mol. The molecule has 0 spiro atoms. The van der Waals surface area contributed by atoms with E-state index in [1.807, 2.05) is 46.0 Å². The van der Waals surface area contributed by atoms with Gasteiger partial charge in [0.25, 0.3) is 5.91 Å². The van der Waals surface area contributed by atoms with E-state index < -0.39 is 6.29 Å². The first kappa shape index (κ1) is 14.7. The van der Waals surface area contributed by atoms with Crippen LogP contribution in [0.25, 0.3) is 0 Å². The maximum Gasteiger partial charge on any atom is 0.277 e. The largest absolute Gasteiger partial charge is 0.348 e. The normalized spacial score (nSPS) is 10.6. The number of hydrogen-bond donors (Lipinski definition) is 1. The molecule has 5 heteroatoms. The van der Waals surface area contributed by atoms with Crippen LogP contribution in [0.5, 0.6) is 0 Å². The van der Waals surface area contributed by atoms with Gasteiger partial charge in [0.15, 0.2) is 0 Å². The zero-order chi connectivity index (χ0) is 13.4. The molecule has 0 aromatic heterocycles. The van der Waals surface area contributed by atoms with Crippen LogP contribution in [0.1, 0.15) is 19.4 Å². The Hall–Kier alpha value is -1.33. The summed E-state index contributed by atoms with van der Waals surface area (Å²) in [6.45, 7) is 5.04. The quantitative estimate of drug-likeness (QED) is 0.545. The summed E-state index contributed by atoms with van der Waals surface area (Å²) in [5.41, 5.74) is 2.24. The molecule has 4 nitrogen and oxygen atoms in total. The third-order valence-electron chi connectivity index (χ3n) is 2.40. The molecule has 98 valence electrons. The van der Waals surface area contributed by atoms with Gasteiger partial charge in [-0.3, -0.25) is 4.79 Å². The van der Waals surface area contributed by atoms with E-state index in [1.165, 1.54) is 5.46 Å². The van der Waals surface area contributed by atoms with E-state index in [0.717, 1.165) is 5.56 Å². The third kappa shape index (κ3) is 4.90. The van der Waals surface area contributed by atoms with E-state index in [9.17, 15) is 4.79 Å².